The molecule has 3 heterocycles. The summed E-state index contributed by atoms with van der Waals surface area (Å²) in [4.78, 5) is 13.8. The number of para-hydroxylation sites is 2. The van der Waals surface area contributed by atoms with E-state index < -0.39 is 0 Å². The first-order valence-electron chi connectivity index (χ1n) is 9.88. The summed E-state index contributed by atoms with van der Waals surface area (Å²) in [6, 6.07) is 11.6. The lowest BCUT2D eigenvalue weighted by Gasteiger charge is -2.16. The summed E-state index contributed by atoms with van der Waals surface area (Å²) >= 11 is 1.56. The van der Waals surface area contributed by atoms with Crippen LogP contribution in [0.15, 0.2) is 53.0 Å². The van der Waals surface area contributed by atoms with Crippen LogP contribution in [0.3, 0.4) is 0 Å². The Morgan fingerprint density at radius 2 is 1.86 bits per heavy atom. The summed E-state index contributed by atoms with van der Waals surface area (Å²) < 4.78 is 12.2. The van der Waals surface area contributed by atoms with E-state index in [0.717, 1.165) is 60.2 Å². The number of fused-ring (bicyclic) bond motifs is 2. The molecule has 0 fully saturated rings. The van der Waals surface area contributed by atoms with Gasteiger partial charge in [0.25, 0.3) is 0 Å². The molecule has 1 aliphatic heterocycles. The Bertz CT molecular complexity index is 986. The maximum Gasteiger partial charge on any atom is 0.230 e. The van der Waals surface area contributed by atoms with Crippen LogP contribution in [0.5, 0.6) is 17.4 Å². The zero-order chi connectivity index (χ0) is 19.9. The molecule has 1 aliphatic rings. The van der Waals surface area contributed by atoms with Crippen LogP contribution in [-0.4, -0.2) is 29.0 Å². The number of nitrogens with zero attached hydrogens (tertiary/aromatic N) is 3. The molecule has 0 bridgehead atoms. The Hall–Kier alpha value is -2.93. The van der Waals surface area contributed by atoms with Crippen molar-refractivity contribution in [2.45, 2.75) is 32.6 Å². The van der Waals surface area contributed by atoms with Gasteiger partial charge in [-0.3, -0.25) is 4.99 Å². The van der Waals surface area contributed by atoms with Crippen molar-refractivity contribution in [3.63, 3.8) is 0 Å². The third-order valence-electron chi connectivity index (χ3n) is 4.51. The van der Waals surface area contributed by atoms with Gasteiger partial charge in [-0.25, -0.2) is 9.97 Å². The van der Waals surface area contributed by atoms with Gasteiger partial charge in [0.15, 0.2) is 16.6 Å². The van der Waals surface area contributed by atoms with Gasteiger partial charge in [0.2, 0.25) is 5.88 Å². The van der Waals surface area contributed by atoms with Crippen molar-refractivity contribution in [2.75, 3.05) is 18.5 Å². The smallest absolute Gasteiger partial charge is 0.230 e. The molecule has 29 heavy (non-hydrogen) atoms. The number of amidine groups is 1. The molecule has 7 heteroatoms. The Kier molecular flexibility index (Phi) is 6.36. The largest absolute Gasteiger partial charge is 0.490 e. The predicted octanol–water partition coefficient (Wildman–Crippen LogP) is 5.45. The summed E-state index contributed by atoms with van der Waals surface area (Å²) in [6.07, 6.45) is 5.99. The van der Waals surface area contributed by atoms with Gasteiger partial charge in [-0.05, 0) is 50.5 Å². The number of ether oxygens (including phenoxy) is 2. The highest BCUT2D eigenvalue weighted by Crippen LogP contribution is 2.32. The zero-order valence-corrected chi connectivity index (χ0v) is 17.2. The topological polar surface area (TPSA) is 68.6 Å². The summed E-state index contributed by atoms with van der Waals surface area (Å²) in [5.74, 6) is 2.58. The molecular weight excluding hydrogens is 384 g/mol. The van der Waals surface area contributed by atoms with Crippen molar-refractivity contribution < 1.29 is 9.47 Å². The van der Waals surface area contributed by atoms with Crippen LogP contribution in [0.25, 0.3) is 0 Å². The minimum Gasteiger partial charge on any atom is -0.490 e. The second-order valence-electron chi connectivity index (χ2n) is 6.82. The number of aryl methyl sites for hydroxylation is 1. The van der Waals surface area contributed by atoms with Gasteiger partial charge >= 0.3 is 0 Å². The average molecular weight is 409 g/mol. The molecule has 0 saturated heterocycles. The molecule has 0 radical (unpaired) electrons. The standard InChI is InChI=1S/C22H24N4O2S/c1-16-15-29-22(25-16)26-20-17-9-8-13-24-21(17)28-19-11-5-4-10-18(19)27-14-7-3-2-6-12-23-20/h4-5,8-11,13,15H,2-3,6-7,12,14H2,1H3,(H,23,25,26). The molecule has 2 aromatic heterocycles. The second-order valence-corrected chi connectivity index (χ2v) is 7.68. The van der Waals surface area contributed by atoms with Gasteiger partial charge in [-0.2, -0.15) is 0 Å². The van der Waals surface area contributed by atoms with Crippen LogP contribution in [0, 0.1) is 6.92 Å². The van der Waals surface area contributed by atoms with E-state index in [1.165, 1.54) is 0 Å². The van der Waals surface area contributed by atoms with Gasteiger partial charge < -0.3 is 14.8 Å². The average Bonchev–Trinajstić information content (AvgIpc) is 3.15. The first-order valence-corrected chi connectivity index (χ1v) is 10.8. The summed E-state index contributed by atoms with van der Waals surface area (Å²) in [5, 5.41) is 6.19. The third-order valence-corrected chi connectivity index (χ3v) is 5.38. The molecule has 3 aromatic rings. The summed E-state index contributed by atoms with van der Waals surface area (Å²) in [6.45, 7) is 3.39. The molecule has 0 aliphatic carbocycles. The van der Waals surface area contributed by atoms with E-state index in [0.29, 0.717) is 18.2 Å². The Morgan fingerprint density at radius 3 is 2.72 bits per heavy atom. The quantitative estimate of drug-likeness (QED) is 0.580. The monoisotopic (exact) mass is 408 g/mol. The highest BCUT2D eigenvalue weighted by atomic mass is 32.1. The molecule has 4 rings (SSSR count). The number of anilines is 1. The number of rotatable bonds is 1. The Balaban J connectivity index is 1.71. The fourth-order valence-electron chi connectivity index (χ4n) is 3.06. The molecule has 150 valence electrons. The van der Waals surface area contributed by atoms with Gasteiger partial charge in [-0.1, -0.05) is 18.6 Å². The number of aliphatic imine (C=N–C) groups is 1. The Labute approximate surface area is 174 Å². The van der Waals surface area contributed by atoms with Crippen molar-refractivity contribution >= 4 is 22.3 Å². The molecule has 0 saturated carbocycles. The van der Waals surface area contributed by atoms with Crippen LogP contribution in [0.1, 0.15) is 36.9 Å². The van der Waals surface area contributed by atoms with E-state index in [1.807, 2.05) is 48.7 Å². The van der Waals surface area contributed by atoms with E-state index >= 15 is 0 Å². The van der Waals surface area contributed by atoms with Crippen molar-refractivity contribution in [3.05, 3.63) is 59.2 Å². The number of hydrogen-bond acceptors (Lipinski definition) is 7. The fraction of sp³-hybridized carbons (Fsp3) is 0.318. The van der Waals surface area contributed by atoms with E-state index in [2.05, 4.69) is 15.3 Å². The first kappa shape index (κ1) is 19.4. The van der Waals surface area contributed by atoms with Gasteiger partial charge in [0, 0.05) is 18.1 Å². The number of hydrogen-bond donors (Lipinski definition) is 1. The minimum absolute atomic E-state index is 0.486. The Morgan fingerprint density at radius 1 is 1.00 bits per heavy atom. The number of aromatic nitrogens is 2. The molecule has 0 spiro atoms. The zero-order valence-electron chi connectivity index (χ0n) is 16.4. The SMILES string of the molecule is Cc1csc(NC2=NCCCCCCOc3ccccc3Oc3ncccc32)n1. The van der Waals surface area contributed by atoms with Crippen molar-refractivity contribution in [3.8, 4) is 17.4 Å². The molecule has 1 aromatic carbocycles. The molecule has 0 unspecified atom stereocenters. The number of nitrogens with one attached hydrogen (secondary N) is 1. The van der Waals surface area contributed by atoms with Crippen LogP contribution in [0.4, 0.5) is 5.13 Å². The molecule has 1 N–H and O–H groups in total. The maximum absolute atomic E-state index is 6.19. The number of thiazole rings is 1. The third kappa shape index (κ3) is 5.12. The second kappa shape index (κ2) is 9.52. The van der Waals surface area contributed by atoms with E-state index in [9.17, 15) is 0 Å². The molecule has 6 nitrogen and oxygen atoms in total. The van der Waals surface area contributed by atoms with Crippen molar-refractivity contribution in [1.29, 1.82) is 0 Å². The van der Waals surface area contributed by atoms with Crippen LogP contribution in [-0.2, 0) is 0 Å². The molecule has 0 amide bonds. The van der Waals surface area contributed by atoms with Gasteiger partial charge in [0.05, 0.1) is 17.9 Å². The lowest BCUT2D eigenvalue weighted by molar-refractivity contribution is 0.290. The van der Waals surface area contributed by atoms with Gasteiger partial charge in [0.1, 0.15) is 5.84 Å². The lowest BCUT2D eigenvalue weighted by Crippen LogP contribution is -2.16. The predicted molar refractivity (Wildman–Crippen MR) is 117 cm³/mol. The van der Waals surface area contributed by atoms with E-state index in [4.69, 9.17) is 14.5 Å². The summed E-state index contributed by atoms with van der Waals surface area (Å²) in [5.41, 5.74) is 1.78. The maximum atomic E-state index is 6.19. The lowest BCUT2D eigenvalue weighted by atomic mass is 10.2. The normalized spacial score (nSPS) is 15.0. The van der Waals surface area contributed by atoms with Crippen LogP contribution < -0.4 is 14.8 Å². The first-order chi connectivity index (χ1) is 14.3. The summed E-state index contributed by atoms with van der Waals surface area (Å²) in [7, 11) is 0. The van der Waals surface area contributed by atoms with Crippen LogP contribution >= 0.6 is 11.3 Å². The fourth-order valence-corrected chi connectivity index (χ4v) is 3.74. The highest BCUT2D eigenvalue weighted by Gasteiger charge is 2.16. The van der Waals surface area contributed by atoms with Gasteiger partial charge in [-0.15, -0.1) is 11.3 Å². The van der Waals surface area contributed by atoms with E-state index in [-0.39, 0.29) is 0 Å². The minimum atomic E-state index is 0.486. The highest BCUT2D eigenvalue weighted by molar-refractivity contribution is 7.14. The molecule has 0 atom stereocenters. The van der Waals surface area contributed by atoms with E-state index in [1.54, 1.807) is 17.5 Å². The molecular formula is C22H24N4O2S. The number of pyridine rings is 1. The van der Waals surface area contributed by atoms with Crippen molar-refractivity contribution in [2.24, 2.45) is 4.99 Å². The van der Waals surface area contributed by atoms with Crippen LogP contribution in [0.2, 0.25) is 0 Å². The van der Waals surface area contributed by atoms with Crippen molar-refractivity contribution in [1.82, 2.24) is 9.97 Å². The number of benzene rings is 1.